The van der Waals surface area contributed by atoms with E-state index < -0.39 is 43.5 Å². The average molecular weight is 509 g/mol. The summed E-state index contributed by atoms with van der Waals surface area (Å²) in [5, 5.41) is 2.61. The van der Waals surface area contributed by atoms with E-state index >= 15 is 0 Å². The van der Waals surface area contributed by atoms with Crippen molar-refractivity contribution in [3.05, 3.63) is 62.9 Å². The van der Waals surface area contributed by atoms with Gasteiger partial charge in [0.15, 0.2) is 12.5 Å². The van der Waals surface area contributed by atoms with Gasteiger partial charge in [0.25, 0.3) is 5.56 Å². The van der Waals surface area contributed by atoms with Gasteiger partial charge in [-0.3, -0.25) is 23.7 Å². The number of hydrogen-bond acceptors (Lipinski definition) is 9. The second-order valence-corrected chi connectivity index (χ2v) is 10.1. The van der Waals surface area contributed by atoms with Gasteiger partial charge in [-0.1, -0.05) is 18.2 Å². The summed E-state index contributed by atoms with van der Waals surface area (Å²) in [5.74, 6) is 0.0834. The largest absolute Gasteiger partial charge is 0.464 e. The molecule has 1 saturated carbocycles. The summed E-state index contributed by atoms with van der Waals surface area (Å²) in [7, 11) is -4.08. The van der Waals surface area contributed by atoms with Crippen LogP contribution in [0.5, 0.6) is 5.75 Å². The molecule has 190 valence electrons. The van der Waals surface area contributed by atoms with Crippen LogP contribution in [-0.2, 0) is 28.1 Å². The summed E-state index contributed by atoms with van der Waals surface area (Å²) in [6.07, 6.45) is 1.64. The number of nitrogens with one attached hydrogen (secondary N) is 2. The van der Waals surface area contributed by atoms with E-state index in [2.05, 4.69) is 10.1 Å². The molecule has 2 aromatic rings. The number of aromatic nitrogens is 2. The second-order valence-electron chi connectivity index (χ2n) is 8.45. The molecule has 0 bridgehead atoms. The molecule has 35 heavy (non-hydrogen) atoms. The van der Waals surface area contributed by atoms with Gasteiger partial charge in [-0.05, 0) is 44.7 Å². The van der Waals surface area contributed by atoms with Crippen LogP contribution in [0.4, 0.5) is 0 Å². The lowest BCUT2D eigenvalue weighted by Gasteiger charge is -2.23. The smallest absolute Gasteiger partial charge is 0.459 e. The number of aryl methyl sites for hydroxylation is 1. The van der Waals surface area contributed by atoms with Crippen molar-refractivity contribution < 1.29 is 32.6 Å². The van der Waals surface area contributed by atoms with Crippen LogP contribution in [0.2, 0.25) is 0 Å². The number of rotatable bonds is 11. The van der Waals surface area contributed by atoms with Gasteiger partial charge in [0, 0.05) is 11.8 Å². The molecule has 0 amide bonds. The summed E-state index contributed by atoms with van der Waals surface area (Å²) in [6, 6.07) is 7.39. The van der Waals surface area contributed by atoms with Gasteiger partial charge in [0.1, 0.15) is 18.4 Å². The van der Waals surface area contributed by atoms with E-state index in [0.717, 1.165) is 12.8 Å². The molecule has 1 aliphatic heterocycles. The normalized spacial score (nSPS) is 22.3. The number of carbonyl (C=O) groups excluding carboxylic acids is 1. The van der Waals surface area contributed by atoms with Crippen molar-refractivity contribution in [1.82, 2.24) is 14.6 Å². The fourth-order valence-electron chi connectivity index (χ4n) is 3.25. The third-order valence-corrected chi connectivity index (χ3v) is 7.05. The second kappa shape index (κ2) is 10.9. The lowest BCUT2D eigenvalue weighted by Crippen LogP contribution is -2.36. The Balaban J connectivity index is 1.39. The molecule has 2 heterocycles. The first-order valence-electron chi connectivity index (χ1n) is 11.3. The Labute approximate surface area is 201 Å². The minimum Gasteiger partial charge on any atom is -0.464 e. The predicted molar refractivity (Wildman–Crippen MR) is 123 cm³/mol. The number of nitrogens with zero attached hydrogens (tertiary/aromatic N) is 1. The number of ether oxygens (including phenoxy) is 3. The van der Waals surface area contributed by atoms with Crippen molar-refractivity contribution in [2.45, 2.75) is 45.2 Å². The fraction of sp³-hybridized carbons (Fsp3) is 0.500. The highest BCUT2D eigenvalue weighted by molar-refractivity contribution is 7.52. The van der Waals surface area contributed by atoms with E-state index in [4.69, 9.17) is 23.3 Å². The van der Waals surface area contributed by atoms with Gasteiger partial charge in [-0.2, -0.15) is 5.09 Å². The molecule has 0 spiro atoms. The van der Waals surface area contributed by atoms with Gasteiger partial charge >= 0.3 is 19.4 Å². The topological polar surface area (TPSA) is 147 Å². The highest BCUT2D eigenvalue weighted by atomic mass is 31.2. The van der Waals surface area contributed by atoms with Crippen LogP contribution in [0, 0.1) is 12.8 Å². The Morgan fingerprint density at radius 1 is 1.26 bits per heavy atom. The Bertz CT molecular complexity index is 1190. The molecule has 13 heteroatoms. The highest BCUT2D eigenvalue weighted by Gasteiger charge is 2.36. The highest BCUT2D eigenvalue weighted by Crippen LogP contribution is 2.45. The molecule has 1 aromatic heterocycles. The number of H-pyrrole nitrogens is 1. The summed E-state index contributed by atoms with van der Waals surface area (Å²) >= 11 is 0. The van der Waals surface area contributed by atoms with Crippen LogP contribution >= 0.6 is 7.75 Å². The SMILES string of the molecule is Cc1cn([C@H]2CO[C@@H](COP(=O)(NC(C)C(=O)OCC3CC3)Oc3ccccc3)O2)c(=O)[nH]c1=O. The third-order valence-electron chi connectivity index (χ3n) is 5.40. The Hall–Kier alpha value is -2.76. The monoisotopic (exact) mass is 509 g/mol. The molecular weight excluding hydrogens is 481 g/mol. The van der Waals surface area contributed by atoms with Gasteiger partial charge < -0.3 is 18.7 Å². The quantitative estimate of drug-likeness (QED) is 0.340. The van der Waals surface area contributed by atoms with Crippen LogP contribution in [0.3, 0.4) is 0 Å². The van der Waals surface area contributed by atoms with Crippen LogP contribution in [0.1, 0.15) is 31.6 Å². The minimum atomic E-state index is -4.08. The molecule has 4 atom stereocenters. The zero-order valence-electron chi connectivity index (χ0n) is 19.4. The van der Waals surface area contributed by atoms with E-state index in [9.17, 15) is 18.9 Å². The first-order chi connectivity index (χ1) is 16.7. The summed E-state index contributed by atoms with van der Waals surface area (Å²) in [6.45, 7) is 3.06. The molecule has 2 fully saturated rings. The summed E-state index contributed by atoms with van der Waals surface area (Å²) < 4.78 is 42.3. The number of benzene rings is 1. The molecule has 1 aliphatic carbocycles. The van der Waals surface area contributed by atoms with Gasteiger partial charge in [0.05, 0.1) is 13.2 Å². The number of para-hydroxylation sites is 1. The molecule has 1 saturated heterocycles. The molecule has 0 radical (unpaired) electrons. The van der Waals surface area contributed by atoms with Crippen molar-refractivity contribution in [2.24, 2.45) is 5.92 Å². The van der Waals surface area contributed by atoms with Gasteiger partial charge in [0.2, 0.25) is 0 Å². The average Bonchev–Trinajstić information content (AvgIpc) is 3.54. The minimum absolute atomic E-state index is 0.000580. The van der Waals surface area contributed by atoms with Crippen molar-refractivity contribution in [1.29, 1.82) is 0 Å². The van der Waals surface area contributed by atoms with E-state index in [1.165, 1.54) is 17.7 Å². The summed E-state index contributed by atoms with van der Waals surface area (Å²) in [4.78, 5) is 38.2. The lowest BCUT2D eigenvalue weighted by molar-refractivity contribution is -0.145. The van der Waals surface area contributed by atoms with Crippen molar-refractivity contribution in [3.63, 3.8) is 0 Å². The maximum atomic E-state index is 13.5. The first kappa shape index (κ1) is 25.3. The molecule has 4 rings (SSSR count). The number of hydrogen-bond donors (Lipinski definition) is 2. The van der Waals surface area contributed by atoms with Crippen molar-refractivity contribution in [3.8, 4) is 5.75 Å². The maximum Gasteiger partial charge on any atom is 0.459 e. The Kier molecular flexibility index (Phi) is 7.88. The van der Waals surface area contributed by atoms with Crippen LogP contribution in [0.15, 0.2) is 46.1 Å². The lowest BCUT2D eigenvalue weighted by atomic mass is 10.3. The molecular formula is C22H28N3O9P. The van der Waals surface area contributed by atoms with E-state index in [1.54, 1.807) is 37.3 Å². The number of esters is 1. The molecule has 2 aliphatic rings. The van der Waals surface area contributed by atoms with Gasteiger partial charge in [-0.25, -0.2) is 9.36 Å². The molecule has 12 nitrogen and oxygen atoms in total. The molecule has 2 N–H and O–H groups in total. The predicted octanol–water partition coefficient (Wildman–Crippen LogP) is 1.85. The van der Waals surface area contributed by atoms with E-state index in [1.807, 2.05) is 0 Å². The van der Waals surface area contributed by atoms with Crippen molar-refractivity contribution >= 4 is 13.7 Å². The summed E-state index contributed by atoms with van der Waals surface area (Å²) in [5.41, 5.74) is -0.797. The zero-order valence-corrected chi connectivity index (χ0v) is 20.3. The first-order valence-corrected chi connectivity index (χ1v) is 12.8. The van der Waals surface area contributed by atoms with E-state index in [-0.39, 0.29) is 19.0 Å². The number of carbonyl (C=O) groups is 1. The van der Waals surface area contributed by atoms with E-state index in [0.29, 0.717) is 18.1 Å². The standard InChI is InChI=1S/C22H28N3O9P/c1-14-10-25(22(28)23-20(14)26)18-12-30-19(33-18)13-32-35(29,34-17-6-4-3-5-7-17)24-15(2)21(27)31-11-16-8-9-16/h3-7,10,15-16,18-19H,8-9,11-13H2,1-2H3,(H,24,29)(H,23,26,28)/t15?,18-,19-,35?/m1/s1. The van der Waals surface area contributed by atoms with Crippen LogP contribution < -0.4 is 20.9 Å². The van der Waals surface area contributed by atoms with Crippen LogP contribution in [-0.4, -0.2) is 47.7 Å². The molecule has 1 aromatic carbocycles. The fourth-order valence-corrected chi connectivity index (χ4v) is 4.72. The van der Waals surface area contributed by atoms with Crippen LogP contribution in [0.25, 0.3) is 0 Å². The Morgan fingerprint density at radius 3 is 2.71 bits per heavy atom. The third kappa shape index (κ3) is 6.89. The maximum absolute atomic E-state index is 13.5. The van der Waals surface area contributed by atoms with Gasteiger partial charge in [-0.15, -0.1) is 0 Å². The Morgan fingerprint density at radius 2 is 2.00 bits per heavy atom. The van der Waals surface area contributed by atoms with Crippen molar-refractivity contribution in [2.75, 3.05) is 19.8 Å². The molecule has 2 unspecified atom stereocenters. The number of aromatic amines is 1. The zero-order chi connectivity index (χ0) is 25.0.